The molecule has 0 radical (unpaired) electrons. The Bertz CT molecular complexity index is 926. The Kier molecular flexibility index (Phi) is 5.30. The van der Waals surface area contributed by atoms with Crippen LogP contribution >= 0.6 is 27.5 Å². The van der Waals surface area contributed by atoms with Crippen LogP contribution in [0.5, 0.6) is 0 Å². The van der Waals surface area contributed by atoms with Crippen molar-refractivity contribution in [3.8, 4) is 0 Å². The van der Waals surface area contributed by atoms with Crippen molar-refractivity contribution in [3.05, 3.63) is 119 Å². The number of hydrogen-bond donors (Lipinski definition) is 0. The highest BCUT2D eigenvalue weighted by Crippen LogP contribution is 2.14. The van der Waals surface area contributed by atoms with Gasteiger partial charge in [0.1, 0.15) is 0 Å². The lowest BCUT2D eigenvalue weighted by molar-refractivity contribution is 1.64. The molecule has 0 aliphatic heterocycles. The maximum absolute atomic E-state index is 6.23. The Morgan fingerprint density at radius 1 is 0.481 bits per heavy atom. The summed E-state index contributed by atoms with van der Waals surface area (Å²) in [6, 6.07) is 38.9. The molecule has 0 amide bonds. The molecule has 3 heteroatoms. The van der Waals surface area contributed by atoms with Gasteiger partial charge < -0.3 is 0 Å². The third-order valence-corrected chi connectivity index (χ3v) is 10.5. The van der Waals surface area contributed by atoms with Gasteiger partial charge in [-0.3, -0.25) is 0 Å². The fourth-order valence-corrected chi connectivity index (χ4v) is 8.88. The highest BCUT2D eigenvalue weighted by molar-refractivity contribution is 9.10. The number of benzene rings is 4. The quantitative estimate of drug-likeness (QED) is 0.318. The van der Waals surface area contributed by atoms with Gasteiger partial charge in [-0.05, 0) is 45.0 Å². The van der Waals surface area contributed by atoms with Crippen LogP contribution < -0.4 is 20.7 Å². The van der Waals surface area contributed by atoms with Gasteiger partial charge in [-0.1, -0.05) is 112 Å². The molecule has 0 saturated heterocycles. The van der Waals surface area contributed by atoms with Crippen LogP contribution in [-0.4, -0.2) is 8.07 Å². The normalized spacial score (nSPS) is 11.3. The summed E-state index contributed by atoms with van der Waals surface area (Å²) in [6.45, 7) is 0. The first kappa shape index (κ1) is 18.2. The predicted molar refractivity (Wildman–Crippen MR) is 123 cm³/mol. The van der Waals surface area contributed by atoms with E-state index in [1.54, 1.807) is 0 Å². The van der Waals surface area contributed by atoms with Crippen LogP contribution in [-0.2, 0) is 0 Å². The molecule has 0 N–H and O–H groups in total. The molecule has 0 bridgehead atoms. The lowest BCUT2D eigenvalue weighted by Gasteiger charge is -2.34. The minimum absolute atomic E-state index is 0.763. The highest BCUT2D eigenvalue weighted by Gasteiger charge is 2.41. The van der Waals surface area contributed by atoms with Crippen molar-refractivity contribution in [2.75, 3.05) is 0 Å². The van der Waals surface area contributed by atoms with E-state index < -0.39 is 8.07 Å². The summed E-state index contributed by atoms with van der Waals surface area (Å²) in [5.41, 5.74) is 0. The van der Waals surface area contributed by atoms with Gasteiger partial charge in [0.25, 0.3) is 0 Å². The van der Waals surface area contributed by atoms with Gasteiger partial charge in [-0.2, -0.15) is 0 Å². The average Bonchev–Trinajstić information content (AvgIpc) is 2.73. The van der Waals surface area contributed by atoms with Crippen LogP contribution in [0.1, 0.15) is 0 Å². The summed E-state index contributed by atoms with van der Waals surface area (Å²) >= 11 is 9.82. The molecule has 4 aromatic rings. The van der Waals surface area contributed by atoms with Crippen LogP contribution in [0.3, 0.4) is 0 Å². The van der Waals surface area contributed by atoms with E-state index in [9.17, 15) is 0 Å². The molecule has 0 aromatic heterocycles. The van der Waals surface area contributed by atoms with E-state index in [4.69, 9.17) is 11.6 Å². The van der Waals surface area contributed by atoms with Gasteiger partial charge >= 0.3 is 0 Å². The minimum Gasteiger partial charge on any atom is -0.0843 e. The second-order valence-electron chi connectivity index (χ2n) is 6.50. The Morgan fingerprint density at radius 2 is 0.852 bits per heavy atom. The van der Waals surface area contributed by atoms with E-state index in [0.29, 0.717) is 0 Å². The molecule has 4 aromatic carbocycles. The van der Waals surface area contributed by atoms with Crippen molar-refractivity contribution < 1.29 is 0 Å². The number of rotatable bonds is 4. The molecule has 0 aliphatic rings. The molecule has 0 unspecified atom stereocenters. The van der Waals surface area contributed by atoms with Crippen molar-refractivity contribution in [1.82, 2.24) is 0 Å². The van der Waals surface area contributed by atoms with Crippen LogP contribution in [0.2, 0.25) is 5.02 Å². The van der Waals surface area contributed by atoms with Crippen LogP contribution in [0.15, 0.2) is 114 Å². The van der Waals surface area contributed by atoms with Gasteiger partial charge in [-0.25, -0.2) is 0 Å². The van der Waals surface area contributed by atoms with Gasteiger partial charge in [0.15, 0.2) is 8.07 Å². The molecule has 0 heterocycles. The largest absolute Gasteiger partial charge is 0.179 e. The van der Waals surface area contributed by atoms with E-state index in [-0.39, 0.29) is 0 Å². The molecule has 0 fully saturated rings. The number of hydrogen-bond acceptors (Lipinski definition) is 0. The maximum atomic E-state index is 6.23. The smallest absolute Gasteiger partial charge is 0.0843 e. The molecule has 0 atom stereocenters. The summed E-state index contributed by atoms with van der Waals surface area (Å²) in [7, 11) is -2.43. The van der Waals surface area contributed by atoms with E-state index >= 15 is 0 Å². The fraction of sp³-hybridized carbons (Fsp3) is 0. The molecule has 27 heavy (non-hydrogen) atoms. The zero-order chi connectivity index (χ0) is 18.7. The maximum Gasteiger partial charge on any atom is 0.179 e. The van der Waals surface area contributed by atoms with E-state index in [2.05, 4.69) is 113 Å². The first-order valence-corrected chi connectivity index (χ1v) is 12.0. The van der Waals surface area contributed by atoms with Gasteiger partial charge in [0.2, 0.25) is 0 Å². The second kappa shape index (κ2) is 7.85. The molecular weight excluding hydrogens is 432 g/mol. The average molecular weight is 450 g/mol. The van der Waals surface area contributed by atoms with Crippen molar-refractivity contribution in [1.29, 1.82) is 0 Å². The molecule has 0 spiro atoms. The Labute approximate surface area is 174 Å². The van der Waals surface area contributed by atoms with Crippen LogP contribution in [0.25, 0.3) is 0 Å². The van der Waals surface area contributed by atoms with Crippen LogP contribution in [0, 0.1) is 0 Å². The molecule has 4 rings (SSSR count). The molecular formula is C24H18BrClSi. The lowest BCUT2D eigenvalue weighted by Crippen LogP contribution is -2.74. The Morgan fingerprint density at radius 3 is 1.30 bits per heavy atom. The van der Waals surface area contributed by atoms with E-state index in [1.165, 1.54) is 20.7 Å². The third kappa shape index (κ3) is 3.41. The molecule has 132 valence electrons. The monoisotopic (exact) mass is 448 g/mol. The van der Waals surface area contributed by atoms with Crippen molar-refractivity contribution in [2.45, 2.75) is 0 Å². The lowest BCUT2D eigenvalue weighted by atomic mass is 10.3. The minimum atomic E-state index is -2.43. The second-order valence-corrected chi connectivity index (χ2v) is 11.7. The fourth-order valence-electron chi connectivity index (χ4n) is 3.78. The topological polar surface area (TPSA) is 0 Å². The summed E-state index contributed by atoms with van der Waals surface area (Å²) in [5.74, 6) is 0. The number of halogens is 2. The Hall–Kier alpha value is -2.13. The van der Waals surface area contributed by atoms with E-state index in [0.717, 1.165) is 9.50 Å². The first-order chi connectivity index (χ1) is 13.2. The summed E-state index contributed by atoms with van der Waals surface area (Å²) in [6.07, 6.45) is 0. The zero-order valence-corrected chi connectivity index (χ0v) is 18.0. The predicted octanol–water partition coefficient (Wildman–Crippen LogP) is 4.48. The zero-order valence-electron chi connectivity index (χ0n) is 14.6. The SMILES string of the molecule is Clc1ccc([Si](c2ccccc2)(c2ccccc2)c2ccc(Br)cc2)cc1. The van der Waals surface area contributed by atoms with Gasteiger partial charge in [-0.15, -0.1) is 0 Å². The summed E-state index contributed by atoms with van der Waals surface area (Å²) in [5, 5.41) is 6.16. The molecule has 0 aliphatic carbocycles. The van der Waals surface area contributed by atoms with Gasteiger partial charge in [0.05, 0.1) is 0 Å². The van der Waals surface area contributed by atoms with Gasteiger partial charge in [0, 0.05) is 9.50 Å². The van der Waals surface area contributed by atoms with Crippen LogP contribution in [0.4, 0.5) is 0 Å². The van der Waals surface area contributed by atoms with Crippen molar-refractivity contribution in [3.63, 3.8) is 0 Å². The third-order valence-electron chi connectivity index (χ3n) is 4.97. The highest BCUT2D eigenvalue weighted by atomic mass is 79.9. The summed E-state index contributed by atoms with van der Waals surface area (Å²) in [4.78, 5) is 0. The standard InChI is InChI=1S/C24H18BrClSi/c25-19-11-15-23(16-12-19)27(21-7-3-1-4-8-21,22-9-5-2-6-10-22)24-17-13-20(26)14-18-24/h1-18H. The summed E-state index contributed by atoms with van der Waals surface area (Å²) < 4.78 is 1.09. The molecule has 0 nitrogen and oxygen atoms in total. The molecule has 0 saturated carbocycles. The first-order valence-electron chi connectivity index (χ1n) is 8.84. The van der Waals surface area contributed by atoms with Crippen molar-refractivity contribution >= 4 is 56.4 Å². The van der Waals surface area contributed by atoms with E-state index in [1.807, 2.05) is 12.1 Å². The van der Waals surface area contributed by atoms with Crippen molar-refractivity contribution in [2.24, 2.45) is 0 Å². The Balaban J connectivity index is 2.11.